The zero-order valence-electron chi connectivity index (χ0n) is 12.3. The first-order valence-electron chi connectivity index (χ1n) is 7.11. The minimum Gasteiger partial charge on any atom is -0.331 e. The van der Waals surface area contributed by atoms with Gasteiger partial charge in [-0.15, -0.1) is 0 Å². The fourth-order valence-electron chi connectivity index (χ4n) is 2.61. The van der Waals surface area contributed by atoms with E-state index in [1.54, 1.807) is 0 Å². The van der Waals surface area contributed by atoms with Gasteiger partial charge in [-0.25, -0.2) is 4.98 Å². The predicted molar refractivity (Wildman–Crippen MR) is 84.3 cm³/mol. The molecule has 0 aliphatic rings. The first-order chi connectivity index (χ1) is 10.1. The Morgan fingerprint density at radius 2 is 1.76 bits per heavy atom. The number of para-hydroxylation sites is 2. The van der Waals surface area contributed by atoms with Crippen LogP contribution in [0.25, 0.3) is 11.0 Å². The molecular weight excluding hydrogens is 260 g/mol. The quantitative estimate of drug-likeness (QED) is 0.734. The third kappa shape index (κ3) is 2.72. The van der Waals surface area contributed by atoms with Gasteiger partial charge in [0.1, 0.15) is 11.6 Å². The highest BCUT2D eigenvalue weighted by molar-refractivity contribution is 5.84. The predicted octanol–water partition coefficient (Wildman–Crippen LogP) is 3.24. The minimum absolute atomic E-state index is 0.197. The molecule has 0 unspecified atom stereocenters. The van der Waals surface area contributed by atoms with Crippen molar-refractivity contribution >= 4 is 16.8 Å². The molecule has 0 atom stereocenters. The number of carbonyl (C=O) groups is 1. The van der Waals surface area contributed by atoms with Gasteiger partial charge in [0, 0.05) is 13.5 Å². The molecule has 0 saturated carbocycles. The monoisotopic (exact) mass is 278 g/mol. The zero-order valence-corrected chi connectivity index (χ0v) is 12.3. The van der Waals surface area contributed by atoms with Gasteiger partial charge in [-0.1, -0.05) is 36.4 Å². The number of benzene rings is 2. The number of nitrogens with zero attached hydrogens (tertiary/aromatic N) is 2. The summed E-state index contributed by atoms with van der Waals surface area (Å²) in [4.78, 5) is 16.9. The molecule has 2 aromatic carbocycles. The van der Waals surface area contributed by atoms with Gasteiger partial charge < -0.3 is 4.57 Å². The molecular formula is C18H18N2O. The summed E-state index contributed by atoms with van der Waals surface area (Å²) < 4.78 is 2.01. The number of imidazole rings is 1. The molecule has 0 aliphatic heterocycles. The van der Waals surface area contributed by atoms with Crippen LogP contribution in [0.2, 0.25) is 0 Å². The summed E-state index contributed by atoms with van der Waals surface area (Å²) in [5.74, 6) is 1.03. The van der Waals surface area contributed by atoms with Gasteiger partial charge in [0.2, 0.25) is 0 Å². The molecule has 0 radical (unpaired) electrons. The fourth-order valence-corrected chi connectivity index (χ4v) is 2.61. The van der Waals surface area contributed by atoms with Crippen molar-refractivity contribution in [3.05, 3.63) is 65.5 Å². The largest absolute Gasteiger partial charge is 0.331 e. The molecule has 0 fully saturated rings. The normalized spacial score (nSPS) is 11.0. The summed E-state index contributed by atoms with van der Waals surface area (Å²) in [6.45, 7) is 2.04. The highest BCUT2D eigenvalue weighted by Crippen LogP contribution is 2.16. The first kappa shape index (κ1) is 13.6. The summed E-state index contributed by atoms with van der Waals surface area (Å²) >= 11 is 0. The average Bonchev–Trinajstić information content (AvgIpc) is 2.78. The number of rotatable bonds is 4. The molecule has 3 aromatic rings. The van der Waals surface area contributed by atoms with E-state index < -0.39 is 0 Å². The standard InChI is InChI=1S/C18H18N2O/c1-13-7-3-4-8-14(13)11-15(21)12-18-19-16-9-5-6-10-17(16)20(18)2/h3-10H,11-12H2,1-2H3. The molecule has 21 heavy (non-hydrogen) atoms. The van der Waals surface area contributed by atoms with Crippen LogP contribution in [-0.2, 0) is 24.7 Å². The topological polar surface area (TPSA) is 34.9 Å². The van der Waals surface area contributed by atoms with E-state index in [1.165, 1.54) is 0 Å². The molecule has 0 spiro atoms. The van der Waals surface area contributed by atoms with Crippen molar-refractivity contribution in [1.82, 2.24) is 9.55 Å². The highest BCUT2D eigenvalue weighted by atomic mass is 16.1. The Balaban J connectivity index is 1.81. The molecule has 0 amide bonds. The Labute approximate surface area is 124 Å². The van der Waals surface area contributed by atoms with Crippen LogP contribution in [0.4, 0.5) is 0 Å². The van der Waals surface area contributed by atoms with Crippen molar-refractivity contribution in [2.45, 2.75) is 19.8 Å². The Morgan fingerprint density at radius 1 is 1.05 bits per heavy atom. The van der Waals surface area contributed by atoms with Gasteiger partial charge in [-0.2, -0.15) is 0 Å². The van der Waals surface area contributed by atoms with Crippen LogP contribution in [0.3, 0.4) is 0 Å². The van der Waals surface area contributed by atoms with Crippen LogP contribution >= 0.6 is 0 Å². The molecule has 106 valence electrons. The molecule has 3 rings (SSSR count). The maximum atomic E-state index is 12.3. The third-order valence-corrected chi connectivity index (χ3v) is 3.88. The van der Waals surface area contributed by atoms with E-state index in [4.69, 9.17) is 0 Å². The van der Waals surface area contributed by atoms with Gasteiger partial charge in [-0.05, 0) is 30.2 Å². The Bertz CT molecular complexity index is 802. The molecule has 3 heteroatoms. The molecule has 0 saturated heterocycles. The van der Waals surface area contributed by atoms with Crippen LogP contribution in [0.15, 0.2) is 48.5 Å². The second-order valence-electron chi connectivity index (χ2n) is 5.39. The Hall–Kier alpha value is -2.42. The number of Topliss-reactive ketones (excluding diaryl/α,β-unsaturated/α-hetero) is 1. The number of fused-ring (bicyclic) bond motifs is 1. The molecule has 1 aromatic heterocycles. The smallest absolute Gasteiger partial charge is 0.144 e. The van der Waals surface area contributed by atoms with Crippen LogP contribution in [-0.4, -0.2) is 15.3 Å². The van der Waals surface area contributed by atoms with Gasteiger partial charge in [0.05, 0.1) is 17.5 Å². The maximum Gasteiger partial charge on any atom is 0.144 e. The number of aryl methyl sites for hydroxylation is 2. The van der Waals surface area contributed by atoms with E-state index in [0.717, 1.165) is 28.0 Å². The van der Waals surface area contributed by atoms with Crippen LogP contribution in [0.5, 0.6) is 0 Å². The summed E-state index contributed by atoms with van der Waals surface area (Å²) in [5.41, 5.74) is 4.27. The average molecular weight is 278 g/mol. The highest BCUT2D eigenvalue weighted by Gasteiger charge is 2.12. The fraction of sp³-hybridized carbons (Fsp3) is 0.222. The number of hydrogen-bond acceptors (Lipinski definition) is 2. The first-order valence-corrected chi connectivity index (χ1v) is 7.11. The molecule has 0 bridgehead atoms. The molecule has 0 N–H and O–H groups in total. The van der Waals surface area contributed by atoms with Gasteiger partial charge in [-0.3, -0.25) is 4.79 Å². The van der Waals surface area contributed by atoms with Crippen LogP contribution in [0.1, 0.15) is 17.0 Å². The molecule has 1 heterocycles. The molecule has 3 nitrogen and oxygen atoms in total. The SMILES string of the molecule is Cc1ccccc1CC(=O)Cc1nc2ccccc2n1C. The second-order valence-corrected chi connectivity index (χ2v) is 5.39. The van der Waals surface area contributed by atoms with Crippen molar-refractivity contribution in [1.29, 1.82) is 0 Å². The van der Waals surface area contributed by atoms with Gasteiger partial charge >= 0.3 is 0 Å². The number of aromatic nitrogens is 2. The van der Waals surface area contributed by atoms with Crippen LogP contribution in [0, 0.1) is 6.92 Å². The summed E-state index contributed by atoms with van der Waals surface area (Å²) in [7, 11) is 1.96. The van der Waals surface area contributed by atoms with Crippen LogP contribution < -0.4 is 0 Å². The minimum atomic E-state index is 0.197. The maximum absolute atomic E-state index is 12.3. The van der Waals surface area contributed by atoms with Crippen molar-refractivity contribution in [2.24, 2.45) is 7.05 Å². The van der Waals surface area contributed by atoms with Crippen molar-refractivity contribution in [3.63, 3.8) is 0 Å². The zero-order chi connectivity index (χ0) is 14.8. The van der Waals surface area contributed by atoms with E-state index in [2.05, 4.69) is 4.98 Å². The lowest BCUT2D eigenvalue weighted by molar-refractivity contribution is -0.117. The summed E-state index contributed by atoms with van der Waals surface area (Å²) in [6.07, 6.45) is 0.843. The Morgan fingerprint density at radius 3 is 2.52 bits per heavy atom. The van der Waals surface area contributed by atoms with E-state index >= 15 is 0 Å². The lowest BCUT2D eigenvalue weighted by Crippen LogP contribution is -2.11. The van der Waals surface area contributed by atoms with Gasteiger partial charge in [0.25, 0.3) is 0 Å². The number of carbonyl (C=O) groups excluding carboxylic acids is 1. The van der Waals surface area contributed by atoms with Crippen molar-refractivity contribution in [2.75, 3.05) is 0 Å². The second kappa shape index (κ2) is 5.52. The number of ketones is 1. The lowest BCUT2D eigenvalue weighted by atomic mass is 10.0. The van der Waals surface area contributed by atoms with E-state index in [9.17, 15) is 4.79 Å². The third-order valence-electron chi connectivity index (χ3n) is 3.88. The summed E-state index contributed by atoms with van der Waals surface area (Å²) in [6, 6.07) is 16.0. The van der Waals surface area contributed by atoms with E-state index in [0.29, 0.717) is 12.8 Å². The Kier molecular flexibility index (Phi) is 3.57. The van der Waals surface area contributed by atoms with Crippen molar-refractivity contribution < 1.29 is 4.79 Å². The lowest BCUT2D eigenvalue weighted by Gasteiger charge is -2.05. The van der Waals surface area contributed by atoms with Crippen molar-refractivity contribution in [3.8, 4) is 0 Å². The van der Waals surface area contributed by atoms with E-state index in [1.807, 2.05) is 67.1 Å². The summed E-state index contributed by atoms with van der Waals surface area (Å²) in [5, 5.41) is 0. The van der Waals surface area contributed by atoms with E-state index in [-0.39, 0.29) is 5.78 Å². The number of hydrogen-bond donors (Lipinski definition) is 0. The van der Waals surface area contributed by atoms with Gasteiger partial charge in [0.15, 0.2) is 0 Å². The molecule has 0 aliphatic carbocycles.